The zero-order valence-corrected chi connectivity index (χ0v) is 12.2. The zero-order valence-electron chi connectivity index (χ0n) is 12.2. The average molecular weight is 280 g/mol. The molecule has 5 nitrogen and oxygen atoms in total. The summed E-state index contributed by atoms with van der Waals surface area (Å²) in [6.07, 6.45) is 5.77. The summed E-state index contributed by atoms with van der Waals surface area (Å²) in [5.74, 6) is 0.552. The molecule has 3 rings (SSSR count). The van der Waals surface area contributed by atoms with E-state index < -0.39 is 5.54 Å². The minimum Gasteiger partial charge on any atom is -0.380 e. The monoisotopic (exact) mass is 280 g/mol. The van der Waals surface area contributed by atoms with Crippen LogP contribution in [0, 0.1) is 5.92 Å². The van der Waals surface area contributed by atoms with Crippen LogP contribution in [0.15, 0.2) is 0 Å². The van der Waals surface area contributed by atoms with Crippen LogP contribution in [0.5, 0.6) is 0 Å². The Hall–Kier alpha value is -1.10. The zero-order chi connectivity index (χ0) is 14.2. The summed E-state index contributed by atoms with van der Waals surface area (Å²) >= 11 is 0. The third-order valence-corrected chi connectivity index (χ3v) is 4.95. The Morgan fingerprint density at radius 3 is 2.60 bits per heavy atom. The lowest BCUT2D eigenvalue weighted by molar-refractivity contribution is -0.159. The molecule has 0 aromatic heterocycles. The van der Waals surface area contributed by atoms with E-state index in [1.807, 2.05) is 11.8 Å². The third-order valence-electron chi connectivity index (χ3n) is 4.95. The molecule has 1 unspecified atom stereocenters. The Labute approximate surface area is 120 Å². The molecule has 112 valence electrons. The molecule has 0 radical (unpaired) electrons. The molecule has 0 bridgehead atoms. The molecule has 20 heavy (non-hydrogen) atoms. The van der Waals surface area contributed by atoms with E-state index in [0.717, 1.165) is 38.5 Å². The fraction of sp³-hybridized carbons (Fsp3) is 0.867. The highest BCUT2D eigenvalue weighted by molar-refractivity contribution is 6.00. The SMILES string of the molecule is CCOCCN1C(=O)C(C2CC2)NC(=O)C12CCCC2. The maximum atomic E-state index is 12.8. The minimum atomic E-state index is -0.584. The van der Waals surface area contributed by atoms with Crippen LogP contribution < -0.4 is 5.32 Å². The number of hydrogen-bond acceptors (Lipinski definition) is 3. The maximum absolute atomic E-state index is 12.8. The van der Waals surface area contributed by atoms with Crippen molar-refractivity contribution in [3.05, 3.63) is 0 Å². The van der Waals surface area contributed by atoms with Gasteiger partial charge in [-0.1, -0.05) is 12.8 Å². The molecule has 2 amide bonds. The number of hydrogen-bond donors (Lipinski definition) is 1. The molecule has 2 aliphatic carbocycles. The molecule has 0 aromatic carbocycles. The molecule has 1 atom stereocenters. The van der Waals surface area contributed by atoms with Crippen molar-refractivity contribution >= 4 is 11.8 Å². The van der Waals surface area contributed by atoms with Crippen LogP contribution in [0.1, 0.15) is 45.4 Å². The fourth-order valence-electron chi connectivity index (χ4n) is 3.67. The molecule has 1 heterocycles. The van der Waals surface area contributed by atoms with Gasteiger partial charge in [-0.05, 0) is 38.5 Å². The largest absolute Gasteiger partial charge is 0.380 e. The quantitative estimate of drug-likeness (QED) is 0.766. The first-order valence-corrected chi connectivity index (χ1v) is 7.89. The lowest BCUT2D eigenvalue weighted by Gasteiger charge is -2.46. The van der Waals surface area contributed by atoms with Crippen LogP contribution in [0.4, 0.5) is 0 Å². The average Bonchev–Trinajstić information content (AvgIpc) is 3.16. The molecule has 1 N–H and O–H groups in total. The first-order valence-electron chi connectivity index (χ1n) is 7.89. The molecular weight excluding hydrogens is 256 g/mol. The van der Waals surface area contributed by atoms with Crippen LogP contribution in [-0.4, -0.2) is 48.1 Å². The van der Waals surface area contributed by atoms with Gasteiger partial charge < -0.3 is 15.0 Å². The maximum Gasteiger partial charge on any atom is 0.246 e. The van der Waals surface area contributed by atoms with E-state index in [0.29, 0.717) is 25.7 Å². The van der Waals surface area contributed by atoms with Gasteiger partial charge in [-0.25, -0.2) is 0 Å². The van der Waals surface area contributed by atoms with Crippen LogP contribution in [0.3, 0.4) is 0 Å². The van der Waals surface area contributed by atoms with E-state index in [-0.39, 0.29) is 17.9 Å². The predicted octanol–water partition coefficient (Wildman–Crippen LogP) is 1.07. The van der Waals surface area contributed by atoms with Crippen molar-refractivity contribution in [3.63, 3.8) is 0 Å². The number of carbonyl (C=O) groups is 2. The van der Waals surface area contributed by atoms with E-state index in [4.69, 9.17) is 4.74 Å². The topological polar surface area (TPSA) is 58.6 Å². The molecule has 0 aromatic rings. The molecular formula is C15H24N2O3. The number of piperazine rings is 1. The molecule has 5 heteroatoms. The van der Waals surface area contributed by atoms with Crippen molar-refractivity contribution in [1.29, 1.82) is 0 Å². The van der Waals surface area contributed by atoms with Crippen molar-refractivity contribution < 1.29 is 14.3 Å². The van der Waals surface area contributed by atoms with Crippen LogP contribution in [-0.2, 0) is 14.3 Å². The van der Waals surface area contributed by atoms with Crippen LogP contribution in [0.2, 0.25) is 0 Å². The predicted molar refractivity (Wildman–Crippen MR) is 74.1 cm³/mol. The van der Waals surface area contributed by atoms with Crippen molar-refractivity contribution in [3.8, 4) is 0 Å². The summed E-state index contributed by atoms with van der Waals surface area (Å²) in [7, 11) is 0. The highest BCUT2D eigenvalue weighted by Crippen LogP contribution is 2.42. The van der Waals surface area contributed by atoms with Gasteiger partial charge in [-0.15, -0.1) is 0 Å². The summed E-state index contributed by atoms with van der Waals surface area (Å²) < 4.78 is 5.41. The molecule has 1 spiro atoms. The first-order chi connectivity index (χ1) is 9.69. The normalized spacial score (nSPS) is 29.1. The summed E-state index contributed by atoms with van der Waals surface area (Å²) in [6, 6.07) is -0.282. The van der Waals surface area contributed by atoms with Crippen LogP contribution >= 0.6 is 0 Å². The Bertz CT molecular complexity index is 400. The van der Waals surface area contributed by atoms with Crippen molar-refractivity contribution in [2.75, 3.05) is 19.8 Å². The number of nitrogens with zero attached hydrogens (tertiary/aromatic N) is 1. The van der Waals surface area contributed by atoms with E-state index in [1.165, 1.54) is 0 Å². The summed E-state index contributed by atoms with van der Waals surface area (Å²) in [6.45, 7) is 3.66. The van der Waals surface area contributed by atoms with Gasteiger partial charge in [0.1, 0.15) is 11.6 Å². The standard InChI is InChI=1S/C15H24N2O3/c1-2-20-10-9-17-13(18)12(11-5-6-11)16-14(19)15(17)7-3-4-8-15/h11-12H,2-10H2,1H3,(H,16,19). The van der Waals surface area contributed by atoms with Crippen LogP contribution in [0.25, 0.3) is 0 Å². The van der Waals surface area contributed by atoms with E-state index >= 15 is 0 Å². The number of ether oxygens (including phenoxy) is 1. The van der Waals surface area contributed by atoms with Gasteiger partial charge in [0.2, 0.25) is 11.8 Å². The lowest BCUT2D eigenvalue weighted by Crippen LogP contribution is -2.70. The number of rotatable bonds is 5. The van der Waals surface area contributed by atoms with E-state index in [1.54, 1.807) is 0 Å². The fourth-order valence-corrected chi connectivity index (χ4v) is 3.67. The van der Waals surface area contributed by atoms with Gasteiger partial charge in [-0.2, -0.15) is 0 Å². The molecule has 1 saturated heterocycles. The second-order valence-corrected chi connectivity index (χ2v) is 6.21. The lowest BCUT2D eigenvalue weighted by atomic mass is 9.88. The second kappa shape index (κ2) is 5.35. The summed E-state index contributed by atoms with van der Waals surface area (Å²) in [4.78, 5) is 27.2. The van der Waals surface area contributed by atoms with Gasteiger partial charge in [0, 0.05) is 13.2 Å². The van der Waals surface area contributed by atoms with Gasteiger partial charge >= 0.3 is 0 Å². The Morgan fingerprint density at radius 2 is 2.00 bits per heavy atom. The minimum absolute atomic E-state index is 0.0722. The molecule has 3 aliphatic rings. The van der Waals surface area contributed by atoms with Gasteiger partial charge in [0.05, 0.1) is 6.61 Å². The second-order valence-electron chi connectivity index (χ2n) is 6.21. The van der Waals surface area contributed by atoms with Crippen molar-refractivity contribution in [1.82, 2.24) is 10.2 Å². The van der Waals surface area contributed by atoms with Gasteiger partial charge in [-0.3, -0.25) is 9.59 Å². The number of nitrogens with one attached hydrogen (secondary N) is 1. The summed E-state index contributed by atoms with van der Waals surface area (Å²) in [5, 5.41) is 3.01. The van der Waals surface area contributed by atoms with Crippen molar-refractivity contribution in [2.45, 2.75) is 57.0 Å². The Kier molecular flexibility index (Phi) is 3.71. The number of carbonyl (C=O) groups excluding carboxylic acids is 2. The van der Waals surface area contributed by atoms with E-state index in [9.17, 15) is 9.59 Å². The number of amides is 2. The first kappa shape index (κ1) is 13.9. The highest BCUT2D eigenvalue weighted by atomic mass is 16.5. The van der Waals surface area contributed by atoms with E-state index in [2.05, 4.69) is 5.32 Å². The summed E-state index contributed by atoms with van der Waals surface area (Å²) in [5.41, 5.74) is -0.584. The Balaban J connectivity index is 1.80. The highest BCUT2D eigenvalue weighted by Gasteiger charge is 2.55. The third kappa shape index (κ3) is 2.22. The molecule has 1 aliphatic heterocycles. The van der Waals surface area contributed by atoms with Gasteiger partial charge in [0.25, 0.3) is 0 Å². The smallest absolute Gasteiger partial charge is 0.246 e. The van der Waals surface area contributed by atoms with Gasteiger partial charge in [0.15, 0.2) is 0 Å². The Morgan fingerprint density at radius 1 is 1.30 bits per heavy atom. The molecule has 3 fully saturated rings. The molecule has 2 saturated carbocycles. The van der Waals surface area contributed by atoms with Crippen molar-refractivity contribution in [2.24, 2.45) is 5.92 Å².